The SMILES string of the molecule is COc1ccccc1NC(=O)COc1ccc(S(=O)(=O)Nc2cccc(C(F)(F)F)c2)cc1Cl. The summed E-state index contributed by atoms with van der Waals surface area (Å²) in [5, 5.41) is 2.50. The Kier molecular flexibility index (Phi) is 7.57. The molecule has 34 heavy (non-hydrogen) atoms. The summed E-state index contributed by atoms with van der Waals surface area (Å²) in [5.74, 6) is -0.0185. The van der Waals surface area contributed by atoms with Crippen LogP contribution in [0.4, 0.5) is 24.5 Å². The summed E-state index contributed by atoms with van der Waals surface area (Å²) in [4.78, 5) is 11.9. The topological polar surface area (TPSA) is 93.7 Å². The van der Waals surface area contributed by atoms with Crippen LogP contribution in [-0.2, 0) is 21.0 Å². The Morgan fingerprint density at radius 2 is 1.74 bits per heavy atom. The molecular formula is C22H18ClF3N2O5S. The fourth-order valence-corrected chi connectivity index (χ4v) is 4.19. The zero-order valence-corrected chi connectivity index (χ0v) is 19.1. The highest BCUT2D eigenvalue weighted by atomic mass is 35.5. The number of nitrogens with one attached hydrogen (secondary N) is 2. The fourth-order valence-electron chi connectivity index (χ4n) is 2.82. The molecule has 3 rings (SSSR count). The monoisotopic (exact) mass is 514 g/mol. The van der Waals surface area contributed by atoms with Gasteiger partial charge in [0.15, 0.2) is 6.61 Å². The van der Waals surface area contributed by atoms with E-state index in [4.69, 9.17) is 21.1 Å². The predicted molar refractivity (Wildman–Crippen MR) is 121 cm³/mol. The van der Waals surface area contributed by atoms with E-state index >= 15 is 0 Å². The van der Waals surface area contributed by atoms with Crippen LogP contribution in [0.15, 0.2) is 71.6 Å². The van der Waals surface area contributed by atoms with Gasteiger partial charge in [-0.15, -0.1) is 0 Å². The van der Waals surface area contributed by atoms with E-state index in [9.17, 15) is 26.4 Å². The maximum Gasteiger partial charge on any atom is 0.416 e. The van der Waals surface area contributed by atoms with E-state index < -0.39 is 34.3 Å². The number of benzene rings is 3. The molecular weight excluding hydrogens is 497 g/mol. The number of carbonyl (C=O) groups excluding carboxylic acids is 1. The van der Waals surface area contributed by atoms with Gasteiger partial charge in [0.1, 0.15) is 11.5 Å². The summed E-state index contributed by atoms with van der Waals surface area (Å²) >= 11 is 6.10. The number of anilines is 2. The van der Waals surface area contributed by atoms with Crippen LogP contribution in [0.2, 0.25) is 5.02 Å². The average Bonchev–Trinajstić information content (AvgIpc) is 2.78. The van der Waals surface area contributed by atoms with Crippen LogP contribution in [0.25, 0.3) is 0 Å². The standard InChI is InChI=1S/C22H18ClF3N2O5S/c1-32-20-8-3-2-7-18(20)27-21(29)13-33-19-10-9-16(12-17(19)23)34(30,31)28-15-6-4-5-14(11-15)22(24,25)26/h2-12,28H,13H2,1H3,(H,27,29). The number of sulfonamides is 1. The molecule has 0 saturated heterocycles. The lowest BCUT2D eigenvalue weighted by Gasteiger charge is -2.13. The molecule has 2 N–H and O–H groups in total. The molecule has 0 saturated carbocycles. The second kappa shape index (κ2) is 10.2. The largest absolute Gasteiger partial charge is 0.495 e. The molecule has 0 bridgehead atoms. The number of para-hydroxylation sites is 2. The number of rotatable bonds is 8. The highest BCUT2D eigenvalue weighted by molar-refractivity contribution is 7.92. The Labute approximate surface area is 198 Å². The lowest BCUT2D eigenvalue weighted by atomic mass is 10.2. The van der Waals surface area contributed by atoms with E-state index in [-0.39, 0.29) is 21.4 Å². The van der Waals surface area contributed by atoms with Gasteiger partial charge < -0.3 is 14.8 Å². The third-order valence-electron chi connectivity index (χ3n) is 4.40. The lowest BCUT2D eigenvalue weighted by molar-refractivity contribution is -0.137. The Morgan fingerprint density at radius 3 is 2.41 bits per heavy atom. The van der Waals surface area contributed by atoms with Gasteiger partial charge in [0, 0.05) is 5.69 Å². The fraction of sp³-hybridized carbons (Fsp3) is 0.136. The second-order valence-corrected chi connectivity index (χ2v) is 8.90. The van der Waals surface area contributed by atoms with Gasteiger partial charge in [0.2, 0.25) is 0 Å². The Balaban J connectivity index is 1.68. The van der Waals surface area contributed by atoms with Crippen LogP contribution in [0.5, 0.6) is 11.5 Å². The molecule has 12 heteroatoms. The molecule has 7 nitrogen and oxygen atoms in total. The summed E-state index contributed by atoms with van der Waals surface area (Å²) in [5.41, 5.74) is -0.827. The van der Waals surface area contributed by atoms with Crippen molar-refractivity contribution >= 4 is 38.9 Å². The van der Waals surface area contributed by atoms with Crippen molar-refractivity contribution in [2.24, 2.45) is 0 Å². The summed E-state index contributed by atoms with van der Waals surface area (Å²) in [7, 11) is -2.79. The lowest BCUT2D eigenvalue weighted by Crippen LogP contribution is -2.20. The normalized spacial score (nSPS) is 11.6. The third-order valence-corrected chi connectivity index (χ3v) is 6.07. The number of halogens is 4. The van der Waals surface area contributed by atoms with Gasteiger partial charge in [-0.1, -0.05) is 29.8 Å². The van der Waals surface area contributed by atoms with Crippen molar-refractivity contribution in [2.75, 3.05) is 23.8 Å². The van der Waals surface area contributed by atoms with Crippen LogP contribution >= 0.6 is 11.6 Å². The van der Waals surface area contributed by atoms with Gasteiger partial charge in [-0.25, -0.2) is 8.42 Å². The third kappa shape index (κ3) is 6.33. The summed E-state index contributed by atoms with van der Waals surface area (Å²) in [6.07, 6.45) is -4.62. The summed E-state index contributed by atoms with van der Waals surface area (Å²) < 4.78 is 76.4. The molecule has 0 spiro atoms. The molecule has 3 aromatic rings. The first kappa shape index (κ1) is 25.2. The molecule has 0 heterocycles. The number of amides is 1. The van der Waals surface area contributed by atoms with Crippen LogP contribution < -0.4 is 19.5 Å². The van der Waals surface area contributed by atoms with E-state index in [0.717, 1.165) is 24.3 Å². The van der Waals surface area contributed by atoms with Crippen LogP contribution in [0.1, 0.15) is 5.56 Å². The molecule has 3 aromatic carbocycles. The highest BCUT2D eigenvalue weighted by Crippen LogP contribution is 2.32. The van der Waals surface area contributed by atoms with E-state index in [0.29, 0.717) is 17.5 Å². The molecule has 0 aromatic heterocycles. The van der Waals surface area contributed by atoms with E-state index in [1.54, 1.807) is 24.3 Å². The molecule has 0 unspecified atom stereocenters. The van der Waals surface area contributed by atoms with Crippen LogP contribution in [0.3, 0.4) is 0 Å². The number of methoxy groups -OCH3 is 1. The minimum Gasteiger partial charge on any atom is -0.495 e. The van der Waals surface area contributed by atoms with Gasteiger partial charge in [-0.3, -0.25) is 9.52 Å². The molecule has 1 amide bonds. The van der Waals surface area contributed by atoms with Crippen molar-refractivity contribution in [3.05, 3.63) is 77.3 Å². The number of ether oxygens (including phenoxy) is 2. The maximum atomic E-state index is 12.9. The maximum absolute atomic E-state index is 12.9. The summed E-state index contributed by atoms with van der Waals surface area (Å²) in [6.45, 7) is -0.424. The molecule has 0 fully saturated rings. The van der Waals surface area contributed by atoms with Gasteiger partial charge in [-0.2, -0.15) is 13.2 Å². The molecule has 0 radical (unpaired) electrons. The average molecular weight is 515 g/mol. The molecule has 0 atom stereocenters. The van der Waals surface area contributed by atoms with E-state index in [1.807, 2.05) is 0 Å². The quantitative estimate of drug-likeness (QED) is 0.432. The van der Waals surface area contributed by atoms with Crippen molar-refractivity contribution < 1.29 is 35.9 Å². The number of carbonyl (C=O) groups is 1. The Morgan fingerprint density at radius 1 is 1.00 bits per heavy atom. The van der Waals surface area contributed by atoms with E-state index in [1.165, 1.54) is 19.2 Å². The van der Waals surface area contributed by atoms with Gasteiger partial charge >= 0.3 is 6.18 Å². The first-order valence-corrected chi connectivity index (χ1v) is 11.4. The Bertz CT molecular complexity index is 1300. The van der Waals surface area contributed by atoms with Gasteiger partial charge in [-0.05, 0) is 48.5 Å². The smallest absolute Gasteiger partial charge is 0.416 e. The second-order valence-electron chi connectivity index (χ2n) is 6.81. The molecule has 0 aliphatic heterocycles. The van der Waals surface area contributed by atoms with Crippen molar-refractivity contribution in [1.29, 1.82) is 0 Å². The van der Waals surface area contributed by atoms with Crippen molar-refractivity contribution in [1.82, 2.24) is 0 Å². The molecule has 0 aliphatic rings. The van der Waals surface area contributed by atoms with Crippen molar-refractivity contribution in [3.63, 3.8) is 0 Å². The number of alkyl halides is 3. The first-order chi connectivity index (χ1) is 16.0. The minimum atomic E-state index is -4.62. The zero-order chi connectivity index (χ0) is 24.9. The van der Waals surface area contributed by atoms with E-state index in [2.05, 4.69) is 10.0 Å². The molecule has 0 aliphatic carbocycles. The highest BCUT2D eigenvalue weighted by Gasteiger charge is 2.30. The van der Waals surface area contributed by atoms with Gasteiger partial charge in [0.25, 0.3) is 15.9 Å². The van der Waals surface area contributed by atoms with Crippen molar-refractivity contribution in [3.8, 4) is 11.5 Å². The zero-order valence-electron chi connectivity index (χ0n) is 17.5. The number of hydrogen-bond acceptors (Lipinski definition) is 5. The predicted octanol–water partition coefficient (Wildman–Crippen LogP) is 5.19. The van der Waals surface area contributed by atoms with Crippen molar-refractivity contribution in [2.45, 2.75) is 11.1 Å². The summed E-state index contributed by atoms with van der Waals surface area (Å²) in [6, 6.07) is 14.0. The Hall–Kier alpha value is -3.44. The first-order valence-electron chi connectivity index (χ1n) is 9.55. The molecule has 180 valence electrons. The number of hydrogen-bond donors (Lipinski definition) is 2. The van der Waals surface area contributed by atoms with Crippen LogP contribution in [0, 0.1) is 0 Å². The van der Waals surface area contributed by atoms with Crippen LogP contribution in [-0.4, -0.2) is 28.0 Å². The van der Waals surface area contributed by atoms with Gasteiger partial charge in [0.05, 0.1) is 28.3 Å². The minimum absolute atomic E-state index is 0.0369.